The number of carbonyl (C=O) groups excluding carboxylic acids is 1. The monoisotopic (exact) mass is 521 g/mol. The van der Waals surface area contributed by atoms with E-state index in [1.165, 1.54) is 0 Å². The molecular formula is C25H36Cl2F3N3O. The number of nitrogens with zero attached hydrogens (tertiary/aromatic N) is 2. The van der Waals surface area contributed by atoms with Crippen molar-refractivity contribution >= 4 is 29.1 Å². The third-order valence-corrected chi connectivity index (χ3v) is 9.59. The Balaban J connectivity index is 1.43. The Morgan fingerprint density at radius 1 is 1.00 bits per heavy atom. The summed E-state index contributed by atoms with van der Waals surface area (Å²) in [4.78, 5) is 17.3. The first kappa shape index (κ1) is 26.1. The van der Waals surface area contributed by atoms with Gasteiger partial charge >= 0.3 is 6.18 Å². The summed E-state index contributed by atoms with van der Waals surface area (Å²) in [6.45, 7) is 1.25. The van der Waals surface area contributed by atoms with Crippen molar-refractivity contribution in [2.45, 2.75) is 87.7 Å². The summed E-state index contributed by atoms with van der Waals surface area (Å²) in [5.74, 6) is -1.50. The van der Waals surface area contributed by atoms with Gasteiger partial charge in [-0.05, 0) is 75.0 Å². The Morgan fingerprint density at radius 3 is 2.50 bits per heavy atom. The topological polar surface area (TPSA) is 46.9 Å². The predicted octanol–water partition coefficient (Wildman–Crippen LogP) is 6.42. The molecule has 0 saturated heterocycles. The number of imidazole rings is 1. The van der Waals surface area contributed by atoms with Crippen molar-refractivity contribution in [3.05, 3.63) is 18.7 Å². The van der Waals surface area contributed by atoms with E-state index in [4.69, 9.17) is 23.2 Å². The number of hydrogen-bond acceptors (Lipinski definition) is 2. The smallest absolute Gasteiger partial charge is 0.356 e. The van der Waals surface area contributed by atoms with Gasteiger partial charge in [-0.1, -0.05) is 12.8 Å². The first-order valence-corrected chi connectivity index (χ1v) is 13.7. The van der Waals surface area contributed by atoms with Crippen LogP contribution in [-0.2, 0) is 11.3 Å². The van der Waals surface area contributed by atoms with Crippen molar-refractivity contribution in [1.82, 2.24) is 14.9 Å². The summed E-state index contributed by atoms with van der Waals surface area (Å²) in [5.41, 5.74) is 0. The maximum Gasteiger partial charge on any atom is 0.392 e. The number of carbonyl (C=O) groups is 1. The minimum absolute atomic E-state index is 0.0150. The second kappa shape index (κ2) is 11.4. The summed E-state index contributed by atoms with van der Waals surface area (Å²) >= 11 is 12.5. The van der Waals surface area contributed by atoms with Crippen LogP contribution in [0.2, 0.25) is 0 Å². The molecule has 0 radical (unpaired) electrons. The van der Waals surface area contributed by atoms with Crippen LogP contribution in [-0.4, -0.2) is 38.9 Å². The van der Waals surface area contributed by atoms with Gasteiger partial charge in [0.2, 0.25) is 5.91 Å². The number of alkyl halides is 5. The van der Waals surface area contributed by atoms with Gasteiger partial charge in [0, 0.05) is 36.8 Å². The van der Waals surface area contributed by atoms with Crippen LogP contribution >= 0.6 is 23.2 Å². The van der Waals surface area contributed by atoms with Crippen molar-refractivity contribution in [2.24, 2.45) is 35.5 Å². The third kappa shape index (κ3) is 6.63. The molecule has 9 heteroatoms. The van der Waals surface area contributed by atoms with E-state index in [1.54, 1.807) is 12.5 Å². The SMILES string of the molecule is O=C(NCC1CCC(Cl)C(Cl)C1)C1CC(Cn2ccnc2)CC(C2CCCCC2C(F)(F)F)C1. The molecule has 0 aliphatic heterocycles. The summed E-state index contributed by atoms with van der Waals surface area (Å²) in [6.07, 6.45) is 8.05. The molecule has 3 aliphatic carbocycles. The van der Waals surface area contributed by atoms with Gasteiger partial charge in [0.15, 0.2) is 0 Å². The van der Waals surface area contributed by atoms with Crippen LogP contribution in [0.15, 0.2) is 18.7 Å². The van der Waals surface area contributed by atoms with Gasteiger partial charge in [0.1, 0.15) is 0 Å². The zero-order valence-electron chi connectivity index (χ0n) is 19.5. The van der Waals surface area contributed by atoms with Crippen LogP contribution in [0.5, 0.6) is 0 Å². The first-order chi connectivity index (χ1) is 16.2. The highest BCUT2D eigenvalue weighted by Crippen LogP contribution is 2.50. The van der Waals surface area contributed by atoms with E-state index in [0.717, 1.165) is 32.1 Å². The standard InChI is InChI=1S/C25H36Cl2F3N3O/c26-22-6-5-16(11-23(22)27)13-32-24(34)19-10-17(14-33-8-7-31-15-33)9-18(12-19)20-3-1-2-4-21(20)25(28,29)30/h7-8,15-23H,1-6,9-14H2,(H,32,34). The van der Waals surface area contributed by atoms with E-state index in [2.05, 4.69) is 10.3 Å². The molecule has 0 bridgehead atoms. The number of hydrogen-bond donors (Lipinski definition) is 1. The van der Waals surface area contributed by atoms with E-state index in [1.807, 2.05) is 10.8 Å². The molecule has 1 amide bonds. The lowest BCUT2D eigenvalue weighted by Crippen LogP contribution is -2.44. The van der Waals surface area contributed by atoms with Crippen molar-refractivity contribution in [2.75, 3.05) is 6.54 Å². The molecule has 8 atom stereocenters. The van der Waals surface area contributed by atoms with Crippen LogP contribution in [0.25, 0.3) is 0 Å². The van der Waals surface area contributed by atoms with Crippen LogP contribution in [0, 0.1) is 35.5 Å². The molecule has 3 saturated carbocycles. The van der Waals surface area contributed by atoms with Gasteiger partial charge in [-0.25, -0.2) is 4.98 Å². The zero-order valence-corrected chi connectivity index (χ0v) is 21.0. The summed E-state index contributed by atoms with van der Waals surface area (Å²) < 4.78 is 43.6. The molecule has 4 rings (SSSR count). The van der Waals surface area contributed by atoms with Crippen LogP contribution < -0.4 is 5.32 Å². The lowest BCUT2D eigenvalue weighted by molar-refractivity contribution is -0.204. The van der Waals surface area contributed by atoms with Gasteiger partial charge < -0.3 is 9.88 Å². The Morgan fingerprint density at radius 2 is 1.79 bits per heavy atom. The quantitative estimate of drug-likeness (QED) is 0.439. The van der Waals surface area contributed by atoms with Gasteiger partial charge in [-0.2, -0.15) is 13.2 Å². The highest BCUT2D eigenvalue weighted by atomic mass is 35.5. The maximum absolute atomic E-state index is 13.9. The van der Waals surface area contributed by atoms with Crippen molar-refractivity contribution in [3.8, 4) is 0 Å². The molecule has 1 aromatic rings. The number of amides is 1. The van der Waals surface area contributed by atoms with Crippen molar-refractivity contribution < 1.29 is 18.0 Å². The molecular weight excluding hydrogens is 486 g/mol. The molecule has 1 aromatic heterocycles. The summed E-state index contributed by atoms with van der Waals surface area (Å²) in [7, 11) is 0. The first-order valence-electron chi connectivity index (χ1n) is 12.8. The average Bonchev–Trinajstić information content (AvgIpc) is 3.32. The lowest BCUT2D eigenvalue weighted by Gasteiger charge is -2.43. The largest absolute Gasteiger partial charge is 0.392 e. The minimum atomic E-state index is -4.17. The molecule has 3 aliphatic rings. The average molecular weight is 522 g/mol. The molecule has 8 unspecified atom stereocenters. The molecule has 0 spiro atoms. The number of halogens is 5. The molecule has 4 nitrogen and oxygen atoms in total. The van der Waals surface area contributed by atoms with Crippen molar-refractivity contribution in [3.63, 3.8) is 0 Å². The van der Waals surface area contributed by atoms with Crippen molar-refractivity contribution in [1.29, 1.82) is 0 Å². The van der Waals surface area contributed by atoms with E-state index < -0.39 is 12.1 Å². The zero-order chi connectivity index (χ0) is 24.3. The summed E-state index contributed by atoms with van der Waals surface area (Å²) in [5, 5.41) is 3.02. The lowest BCUT2D eigenvalue weighted by atomic mass is 9.63. The Labute approximate surface area is 210 Å². The van der Waals surface area contributed by atoms with E-state index in [0.29, 0.717) is 44.7 Å². The second-order valence-corrected chi connectivity index (χ2v) is 12.0. The van der Waals surface area contributed by atoms with Gasteiger partial charge in [0.05, 0.1) is 17.6 Å². The number of nitrogens with one attached hydrogen (secondary N) is 1. The third-order valence-electron chi connectivity index (χ3n) is 8.45. The van der Waals surface area contributed by atoms with Gasteiger partial charge in [-0.3, -0.25) is 4.79 Å². The Bertz CT molecular complexity index is 791. The fraction of sp³-hybridized carbons (Fsp3) is 0.840. The molecule has 34 heavy (non-hydrogen) atoms. The van der Waals surface area contributed by atoms with E-state index >= 15 is 0 Å². The second-order valence-electron chi connectivity index (χ2n) is 10.8. The van der Waals surface area contributed by atoms with E-state index in [-0.39, 0.29) is 46.8 Å². The van der Waals surface area contributed by atoms with Gasteiger partial charge in [0.25, 0.3) is 0 Å². The molecule has 1 N–H and O–H groups in total. The Kier molecular flexibility index (Phi) is 8.76. The summed E-state index contributed by atoms with van der Waals surface area (Å²) in [6, 6.07) is 0. The van der Waals surface area contributed by atoms with Gasteiger partial charge in [-0.15, -0.1) is 23.2 Å². The van der Waals surface area contributed by atoms with Crippen LogP contribution in [0.3, 0.4) is 0 Å². The highest BCUT2D eigenvalue weighted by molar-refractivity contribution is 6.30. The molecule has 1 heterocycles. The number of aromatic nitrogens is 2. The Hall–Kier alpha value is -0.950. The van der Waals surface area contributed by atoms with E-state index in [9.17, 15) is 18.0 Å². The van der Waals surface area contributed by atoms with Crippen LogP contribution in [0.4, 0.5) is 13.2 Å². The maximum atomic E-state index is 13.9. The molecule has 0 aromatic carbocycles. The number of rotatable bonds is 6. The molecule has 3 fully saturated rings. The minimum Gasteiger partial charge on any atom is -0.356 e. The predicted molar refractivity (Wildman–Crippen MR) is 128 cm³/mol. The fourth-order valence-corrected chi connectivity index (χ4v) is 7.36. The highest BCUT2D eigenvalue weighted by Gasteiger charge is 2.49. The van der Waals surface area contributed by atoms with Crippen LogP contribution in [0.1, 0.15) is 64.2 Å². The fourth-order valence-electron chi connectivity index (χ4n) is 6.75. The normalized spacial score (nSPS) is 37.3. The molecule has 192 valence electrons.